The number of carboxylic acid groups (broad SMARTS) is 1. The Morgan fingerprint density at radius 1 is 1.56 bits per heavy atom. The second-order valence-electron chi connectivity index (χ2n) is 4.01. The second kappa shape index (κ2) is 6.30. The Morgan fingerprint density at radius 3 is 2.88 bits per heavy atom. The van der Waals surface area contributed by atoms with Crippen molar-refractivity contribution in [1.82, 2.24) is 9.55 Å². The number of carbonyl (C=O) groups is 1. The maximum absolute atomic E-state index is 11.1. The molecule has 0 fully saturated rings. The number of hydrogen-bond acceptors (Lipinski definition) is 2. The highest BCUT2D eigenvalue weighted by Crippen LogP contribution is 2.14. The topological polar surface area (TPSA) is 55.1 Å². The zero-order valence-corrected chi connectivity index (χ0v) is 10.0. The minimum atomic E-state index is -0.709. The third-order valence-corrected chi connectivity index (χ3v) is 2.83. The van der Waals surface area contributed by atoms with Gasteiger partial charge in [0, 0.05) is 25.4 Å². The minimum Gasteiger partial charge on any atom is -0.481 e. The van der Waals surface area contributed by atoms with Crippen molar-refractivity contribution in [1.29, 1.82) is 0 Å². The van der Waals surface area contributed by atoms with Crippen LogP contribution in [0.2, 0.25) is 0 Å². The summed E-state index contributed by atoms with van der Waals surface area (Å²) in [5.41, 5.74) is 0. The van der Waals surface area contributed by atoms with Crippen LogP contribution in [-0.4, -0.2) is 20.6 Å². The zero-order valence-electron chi connectivity index (χ0n) is 10.0. The molecule has 1 unspecified atom stereocenters. The fourth-order valence-electron chi connectivity index (χ4n) is 1.80. The van der Waals surface area contributed by atoms with E-state index in [2.05, 4.69) is 11.9 Å². The van der Waals surface area contributed by atoms with Gasteiger partial charge in [-0.2, -0.15) is 0 Å². The van der Waals surface area contributed by atoms with Gasteiger partial charge in [0.1, 0.15) is 5.82 Å². The quantitative estimate of drug-likeness (QED) is 0.773. The maximum Gasteiger partial charge on any atom is 0.306 e. The van der Waals surface area contributed by atoms with Gasteiger partial charge in [-0.15, -0.1) is 0 Å². The largest absolute Gasteiger partial charge is 0.481 e. The third-order valence-electron chi connectivity index (χ3n) is 2.83. The standard InChI is InChI=1S/C12H20N2O2/c1-3-5-6-10(12(15)16)9-11-13-7-8-14(11)4-2/h7-8,10H,3-6,9H2,1-2H3,(H,15,16). The molecule has 0 saturated carbocycles. The second-order valence-corrected chi connectivity index (χ2v) is 4.01. The molecule has 1 N–H and O–H groups in total. The van der Waals surface area contributed by atoms with E-state index < -0.39 is 5.97 Å². The van der Waals surface area contributed by atoms with Crippen LogP contribution < -0.4 is 0 Å². The SMILES string of the molecule is CCCCC(Cc1nccn1CC)C(=O)O. The lowest BCUT2D eigenvalue weighted by Gasteiger charge is -2.12. The zero-order chi connectivity index (χ0) is 12.0. The molecule has 1 heterocycles. The average Bonchev–Trinajstić information content (AvgIpc) is 2.70. The van der Waals surface area contributed by atoms with Crippen LogP contribution in [0, 0.1) is 5.92 Å². The lowest BCUT2D eigenvalue weighted by Crippen LogP contribution is -2.18. The van der Waals surface area contributed by atoms with Crippen molar-refractivity contribution in [2.45, 2.75) is 46.1 Å². The Balaban J connectivity index is 2.64. The van der Waals surface area contributed by atoms with E-state index in [1.807, 2.05) is 17.7 Å². The van der Waals surface area contributed by atoms with Gasteiger partial charge in [-0.25, -0.2) is 4.98 Å². The van der Waals surface area contributed by atoms with Crippen LogP contribution in [0.5, 0.6) is 0 Å². The highest BCUT2D eigenvalue weighted by molar-refractivity contribution is 5.70. The van der Waals surface area contributed by atoms with E-state index in [0.717, 1.165) is 31.6 Å². The van der Waals surface area contributed by atoms with Crippen molar-refractivity contribution in [2.75, 3.05) is 0 Å². The number of aliphatic carboxylic acids is 1. The number of aromatic nitrogens is 2. The van der Waals surface area contributed by atoms with E-state index in [4.69, 9.17) is 5.11 Å². The van der Waals surface area contributed by atoms with Crippen LogP contribution in [0.3, 0.4) is 0 Å². The molecule has 16 heavy (non-hydrogen) atoms. The fourth-order valence-corrected chi connectivity index (χ4v) is 1.80. The molecule has 0 bridgehead atoms. The van der Waals surface area contributed by atoms with Crippen LogP contribution >= 0.6 is 0 Å². The summed E-state index contributed by atoms with van der Waals surface area (Å²) >= 11 is 0. The van der Waals surface area contributed by atoms with Gasteiger partial charge in [0.25, 0.3) is 0 Å². The van der Waals surface area contributed by atoms with Gasteiger partial charge in [-0.05, 0) is 13.3 Å². The predicted molar refractivity (Wildman–Crippen MR) is 62.3 cm³/mol. The van der Waals surface area contributed by atoms with Crippen molar-refractivity contribution in [3.63, 3.8) is 0 Å². The molecule has 4 heteroatoms. The van der Waals surface area contributed by atoms with Crippen LogP contribution in [0.4, 0.5) is 0 Å². The molecule has 0 radical (unpaired) electrons. The van der Waals surface area contributed by atoms with Crippen LogP contribution in [0.15, 0.2) is 12.4 Å². The molecule has 1 aromatic rings. The Hall–Kier alpha value is -1.32. The number of hydrogen-bond donors (Lipinski definition) is 1. The van der Waals surface area contributed by atoms with Crippen molar-refractivity contribution in [3.8, 4) is 0 Å². The Morgan fingerprint density at radius 2 is 2.31 bits per heavy atom. The highest BCUT2D eigenvalue weighted by Gasteiger charge is 2.19. The molecule has 1 aromatic heterocycles. The van der Waals surface area contributed by atoms with Crippen molar-refractivity contribution < 1.29 is 9.90 Å². The van der Waals surface area contributed by atoms with E-state index in [9.17, 15) is 4.79 Å². The number of unbranched alkanes of at least 4 members (excludes halogenated alkanes) is 1. The number of imidazole rings is 1. The van der Waals surface area contributed by atoms with E-state index >= 15 is 0 Å². The summed E-state index contributed by atoms with van der Waals surface area (Å²) in [6.45, 7) is 4.95. The first-order valence-electron chi connectivity index (χ1n) is 5.91. The van der Waals surface area contributed by atoms with E-state index in [1.165, 1.54) is 0 Å². The number of carboxylic acids is 1. The smallest absolute Gasteiger partial charge is 0.306 e. The normalized spacial score (nSPS) is 12.6. The van der Waals surface area contributed by atoms with Gasteiger partial charge >= 0.3 is 5.97 Å². The molecular formula is C12H20N2O2. The van der Waals surface area contributed by atoms with Crippen LogP contribution in [0.25, 0.3) is 0 Å². The van der Waals surface area contributed by atoms with E-state index in [-0.39, 0.29) is 5.92 Å². The molecule has 0 aliphatic rings. The average molecular weight is 224 g/mol. The van der Waals surface area contributed by atoms with Gasteiger partial charge in [-0.1, -0.05) is 19.8 Å². The molecule has 0 aliphatic heterocycles. The summed E-state index contributed by atoms with van der Waals surface area (Å²) in [7, 11) is 0. The predicted octanol–water partition coefficient (Wildman–Crippen LogP) is 2.34. The molecule has 0 aliphatic carbocycles. The molecule has 0 aromatic carbocycles. The first-order chi connectivity index (χ1) is 7.69. The first kappa shape index (κ1) is 12.7. The first-order valence-corrected chi connectivity index (χ1v) is 5.91. The van der Waals surface area contributed by atoms with Gasteiger partial charge < -0.3 is 9.67 Å². The molecule has 4 nitrogen and oxygen atoms in total. The molecule has 1 rings (SSSR count). The highest BCUT2D eigenvalue weighted by atomic mass is 16.4. The lowest BCUT2D eigenvalue weighted by molar-refractivity contribution is -0.142. The van der Waals surface area contributed by atoms with Crippen molar-refractivity contribution in [3.05, 3.63) is 18.2 Å². The Labute approximate surface area is 96.3 Å². The monoisotopic (exact) mass is 224 g/mol. The van der Waals surface area contributed by atoms with Gasteiger partial charge in [0.15, 0.2) is 0 Å². The summed E-state index contributed by atoms with van der Waals surface area (Å²) in [4.78, 5) is 15.3. The number of nitrogens with zero attached hydrogens (tertiary/aromatic N) is 2. The fraction of sp³-hybridized carbons (Fsp3) is 0.667. The minimum absolute atomic E-state index is 0.298. The summed E-state index contributed by atoms with van der Waals surface area (Å²) in [6, 6.07) is 0. The van der Waals surface area contributed by atoms with Crippen LogP contribution in [-0.2, 0) is 17.8 Å². The van der Waals surface area contributed by atoms with Gasteiger partial charge in [0.05, 0.1) is 5.92 Å². The van der Waals surface area contributed by atoms with E-state index in [1.54, 1.807) is 6.20 Å². The molecule has 0 saturated heterocycles. The van der Waals surface area contributed by atoms with Crippen molar-refractivity contribution >= 4 is 5.97 Å². The molecule has 0 amide bonds. The lowest BCUT2D eigenvalue weighted by atomic mass is 9.98. The molecule has 90 valence electrons. The van der Waals surface area contributed by atoms with Crippen molar-refractivity contribution in [2.24, 2.45) is 5.92 Å². The summed E-state index contributed by atoms with van der Waals surface area (Å²) < 4.78 is 2.00. The van der Waals surface area contributed by atoms with Gasteiger partial charge in [0.2, 0.25) is 0 Å². The molecular weight excluding hydrogens is 204 g/mol. The molecule has 1 atom stereocenters. The summed E-state index contributed by atoms with van der Waals surface area (Å²) in [6.07, 6.45) is 6.90. The van der Waals surface area contributed by atoms with Crippen LogP contribution in [0.1, 0.15) is 38.9 Å². The van der Waals surface area contributed by atoms with Gasteiger partial charge in [-0.3, -0.25) is 4.79 Å². The third kappa shape index (κ3) is 3.36. The number of aryl methyl sites for hydroxylation is 1. The Kier molecular flexibility index (Phi) is 5.02. The summed E-state index contributed by atoms with van der Waals surface area (Å²) in [5, 5.41) is 9.13. The summed E-state index contributed by atoms with van der Waals surface area (Å²) in [5.74, 6) is -0.127. The molecule has 0 spiro atoms. The number of rotatable bonds is 7. The Bertz CT molecular complexity index is 334. The maximum atomic E-state index is 11.1. The van der Waals surface area contributed by atoms with E-state index in [0.29, 0.717) is 6.42 Å².